The van der Waals surface area contributed by atoms with Crippen molar-refractivity contribution in [2.24, 2.45) is 0 Å². The van der Waals surface area contributed by atoms with Crippen molar-refractivity contribution in [3.8, 4) is 17.0 Å². The highest BCUT2D eigenvalue weighted by atomic mass is 32.1. The van der Waals surface area contributed by atoms with Crippen LogP contribution in [0.2, 0.25) is 0 Å². The van der Waals surface area contributed by atoms with Crippen LogP contribution in [0, 0.1) is 0 Å². The molecule has 0 saturated heterocycles. The van der Waals surface area contributed by atoms with Gasteiger partial charge in [-0.05, 0) is 12.1 Å². The zero-order chi connectivity index (χ0) is 9.38. The Morgan fingerprint density at radius 2 is 2.21 bits per heavy atom. The number of nitrogens with zero attached hydrogens (tertiary/aromatic N) is 1. The van der Waals surface area contributed by atoms with Gasteiger partial charge >= 0.3 is 0 Å². The first-order valence-corrected chi connectivity index (χ1v) is 5.47. The molecule has 0 bridgehead atoms. The molecule has 2 heterocycles. The predicted molar refractivity (Wildman–Crippen MR) is 56.7 cm³/mol. The van der Waals surface area contributed by atoms with Gasteiger partial charge < -0.3 is 4.74 Å². The molecule has 0 spiro atoms. The van der Waals surface area contributed by atoms with Crippen molar-refractivity contribution in [3.63, 3.8) is 0 Å². The minimum Gasteiger partial charge on any atom is -0.493 e. The molecule has 0 fully saturated rings. The largest absolute Gasteiger partial charge is 0.493 e. The van der Waals surface area contributed by atoms with E-state index in [2.05, 4.69) is 11.1 Å². The number of fused-ring (bicyclic) bond motifs is 3. The summed E-state index contributed by atoms with van der Waals surface area (Å²) >= 11 is 1.71. The first-order chi connectivity index (χ1) is 6.95. The molecule has 1 aliphatic rings. The molecule has 70 valence electrons. The van der Waals surface area contributed by atoms with Crippen molar-refractivity contribution in [3.05, 3.63) is 34.7 Å². The van der Waals surface area contributed by atoms with Gasteiger partial charge in [-0.25, -0.2) is 4.98 Å². The van der Waals surface area contributed by atoms with Gasteiger partial charge in [0.25, 0.3) is 0 Å². The second-order valence-electron chi connectivity index (χ2n) is 3.22. The van der Waals surface area contributed by atoms with Gasteiger partial charge in [0, 0.05) is 16.9 Å². The van der Waals surface area contributed by atoms with Crippen LogP contribution in [-0.2, 0) is 6.42 Å². The average molecular weight is 203 g/mol. The molecular weight excluding hydrogens is 194 g/mol. The number of benzene rings is 1. The summed E-state index contributed by atoms with van der Waals surface area (Å²) in [6, 6.07) is 8.09. The lowest BCUT2D eigenvalue weighted by atomic mass is 10.1. The number of hydrogen-bond acceptors (Lipinski definition) is 3. The molecule has 3 rings (SSSR count). The fraction of sp³-hybridized carbons (Fsp3) is 0.182. The van der Waals surface area contributed by atoms with E-state index in [1.54, 1.807) is 11.3 Å². The van der Waals surface area contributed by atoms with E-state index in [0.717, 1.165) is 30.0 Å². The van der Waals surface area contributed by atoms with E-state index in [1.165, 1.54) is 4.88 Å². The van der Waals surface area contributed by atoms with E-state index in [4.69, 9.17) is 4.74 Å². The van der Waals surface area contributed by atoms with Crippen LogP contribution in [-0.4, -0.2) is 11.6 Å². The molecule has 0 N–H and O–H groups in total. The minimum absolute atomic E-state index is 0.756. The molecular formula is C11H9NOS. The van der Waals surface area contributed by atoms with E-state index >= 15 is 0 Å². The van der Waals surface area contributed by atoms with Crippen LogP contribution in [0.3, 0.4) is 0 Å². The molecule has 1 aromatic carbocycles. The summed E-state index contributed by atoms with van der Waals surface area (Å²) in [6.07, 6.45) is 0.967. The molecule has 0 aliphatic carbocycles. The first kappa shape index (κ1) is 8.00. The second kappa shape index (κ2) is 3.10. The lowest BCUT2D eigenvalue weighted by molar-refractivity contribution is 0.327. The number of hydrogen-bond donors (Lipinski definition) is 0. The molecule has 0 atom stereocenters. The number of thiazole rings is 1. The molecule has 1 aliphatic heterocycles. The van der Waals surface area contributed by atoms with Gasteiger partial charge in [-0.2, -0.15) is 0 Å². The molecule has 1 aromatic heterocycles. The summed E-state index contributed by atoms with van der Waals surface area (Å²) in [5.41, 5.74) is 4.14. The van der Waals surface area contributed by atoms with Gasteiger partial charge in [0.05, 0.1) is 17.8 Å². The Morgan fingerprint density at radius 3 is 3.21 bits per heavy atom. The lowest BCUT2D eigenvalue weighted by Gasteiger charge is -2.04. The van der Waals surface area contributed by atoms with Crippen LogP contribution in [0.15, 0.2) is 29.8 Å². The Labute approximate surface area is 86.2 Å². The zero-order valence-corrected chi connectivity index (χ0v) is 8.38. The summed E-state index contributed by atoms with van der Waals surface area (Å²) in [4.78, 5) is 5.73. The number of ether oxygens (including phenoxy) is 1. The van der Waals surface area contributed by atoms with E-state index < -0.39 is 0 Å². The Balaban J connectivity index is 2.27. The van der Waals surface area contributed by atoms with Crippen molar-refractivity contribution < 1.29 is 4.74 Å². The van der Waals surface area contributed by atoms with Gasteiger partial charge in [-0.3, -0.25) is 0 Å². The van der Waals surface area contributed by atoms with Crippen molar-refractivity contribution >= 4 is 11.3 Å². The normalized spacial score (nSPS) is 13.7. The third-order valence-electron chi connectivity index (χ3n) is 2.37. The Morgan fingerprint density at radius 1 is 1.29 bits per heavy atom. The fourth-order valence-electron chi connectivity index (χ4n) is 1.71. The van der Waals surface area contributed by atoms with E-state index in [1.807, 2.05) is 23.7 Å². The molecule has 0 amide bonds. The van der Waals surface area contributed by atoms with Crippen LogP contribution in [0.25, 0.3) is 11.3 Å². The molecule has 0 unspecified atom stereocenters. The van der Waals surface area contributed by atoms with Crippen LogP contribution < -0.4 is 4.74 Å². The van der Waals surface area contributed by atoms with Crippen molar-refractivity contribution in [1.29, 1.82) is 0 Å². The van der Waals surface area contributed by atoms with Crippen molar-refractivity contribution in [2.75, 3.05) is 6.61 Å². The van der Waals surface area contributed by atoms with Crippen molar-refractivity contribution in [1.82, 2.24) is 4.98 Å². The summed E-state index contributed by atoms with van der Waals surface area (Å²) in [7, 11) is 0. The number of aromatic nitrogens is 1. The van der Waals surface area contributed by atoms with Gasteiger partial charge in [0.15, 0.2) is 0 Å². The molecule has 0 radical (unpaired) electrons. The smallest absolute Gasteiger partial charge is 0.128 e. The Kier molecular flexibility index (Phi) is 1.77. The van der Waals surface area contributed by atoms with E-state index in [9.17, 15) is 0 Å². The first-order valence-electron chi connectivity index (χ1n) is 4.60. The van der Waals surface area contributed by atoms with Crippen LogP contribution in [0.4, 0.5) is 0 Å². The third-order valence-corrected chi connectivity index (χ3v) is 3.26. The maximum absolute atomic E-state index is 5.66. The zero-order valence-electron chi connectivity index (χ0n) is 7.56. The van der Waals surface area contributed by atoms with Gasteiger partial charge in [-0.15, -0.1) is 11.3 Å². The molecule has 2 aromatic rings. The Bertz CT molecular complexity index is 464. The summed E-state index contributed by atoms with van der Waals surface area (Å²) < 4.78 is 5.66. The summed E-state index contributed by atoms with van der Waals surface area (Å²) in [6.45, 7) is 0.756. The minimum atomic E-state index is 0.756. The van der Waals surface area contributed by atoms with E-state index in [0.29, 0.717) is 0 Å². The predicted octanol–water partition coefficient (Wildman–Crippen LogP) is 2.75. The quantitative estimate of drug-likeness (QED) is 0.656. The highest BCUT2D eigenvalue weighted by Crippen LogP contribution is 2.35. The number of rotatable bonds is 0. The van der Waals surface area contributed by atoms with Crippen molar-refractivity contribution in [2.45, 2.75) is 6.42 Å². The van der Waals surface area contributed by atoms with E-state index in [-0.39, 0.29) is 0 Å². The average Bonchev–Trinajstić information content (AvgIpc) is 2.61. The highest BCUT2D eigenvalue weighted by Gasteiger charge is 2.16. The lowest BCUT2D eigenvalue weighted by Crippen LogP contribution is -1.97. The maximum atomic E-state index is 5.66. The molecule has 2 nitrogen and oxygen atoms in total. The van der Waals surface area contributed by atoms with Crippen LogP contribution in [0.1, 0.15) is 4.88 Å². The number of para-hydroxylation sites is 1. The summed E-state index contributed by atoms with van der Waals surface area (Å²) in [5.74, 6) is 0.956. The van der Waals surface area contributed by atoms with Gasteiger partial charge in [0.2, 0.25) is 0 Å². The maximum Gasteiger partial charge on any atom is 0.128 e. The van der Waals surface area contributed by atoms with Gasteiger partial charge in [-0.1, -0.05) is 12.1 Å². The highest BCUT2D eigenvalue weighted by molar-refractivity contribution is 7.10. The van der Waals surface area contributed by atoms with Crippen LogP contribution in [0.5, 0.6) is 5.75 Å². The third kappa shape index (κ3) is 1.13. The molecule has 0 saturated carbocycles. The Hall–Kier alpha value is -1.35. The SMILES string of the molecule is c1ccc2c(c1)OCCc1scnc1-2. The topological polar surface area (TPSA) is 22.1 Å². The molecule has 3 heteroatoms. The van der Waals surface area contributed by atoms with Crippen LogP contribution >= 0.6 is 11.3 Å². The standard InChI is InChI=1S/C11H9NOS/c1-2-4-9-8(3-1)11-10(5-6-13-9)14-7-12-11/h1-4,7H,5-6H2. The van der Waals surface area contributed by atoms with Gasteiger partial charge in [0.1, 0.15) is 5.75 Å². The summed E-state index contributed by atoms with van der Waals surface area (Å²) in [5, 5.41) is 0. The second-order valence-corrected chi connectivity index (χ2v) is 4.16. The molecule has 14 heavy (non-hydrogen) atoms. The monoisotopic (exact) mass is 203 g/mol. The fourth-order valence-corrected chi connectivity index (χ4v) is 2.47.